The lowest BCUT2D eigenvalue weighted by Gasteiger charge is -2.05. The van der Waals surface area contributed by atoms with Crippen LogP contribution in [0.4, 0.5) is 0 Å². The van der Waals surface area contributed by atoms with E-state index in [2.05, 4.69) is 0 Å². The average Bonchev–Trinajstić information content (AvgIpc) is 2.85. The minimum Gasteiger partial charge on any atom is -0.569 e. The minimum absolute atomic E-state index is 0.315. The molecule has 0 amide bonds. The van der Waals surface area contributed by atoms with Crippen molar-refractivity contribution in [3.8, 4) is 22.9 Å². The fourth-order valence-corrected chi connectivity index (χ4v) is 3.79. The Hall–Kier alpha value is -2.51. The second-order valence-corrected chi connectivity index (χ2v) is 6.02. The molecule has 0 fully saturated rings. The highest BCUT2D eigenvalue weighted by Gasteiger charge is 2.25. The Balaban J connectivity index is 2.31. The number of rotatable bonds is 4. The zero-order valence-corrected chi connectivity index (χ0v) is 13.7. The van der Waals surface area contributed by atoms with E-state index in [1.165, 1.54) is 18.2 Å². The Morgan fingerprint density at radius 1 is 0.957 bits per heavy atom. The zero-order chi connectivity index (χ0) is 16.6. The number of nitrogens with zero attached hydrogens (tertiary/aromatic N) is 1. The minimum atomic E-state index is -1.68. The van der Waals surface area contributed by atoms with Crippen LogP contribution in [0.25, 0.3) is 15.8 Å². The summed E-state index contributed by atoms with van der Waals surface area (Å²) >= 11 is 0. The van der Waals surface area contributed by atoms with Crippen LogP contribution in [-0.2, 0) is 0 Å². The molecule has 0 aliphatic heterocycles. The van der Waals surface area contributed by atoms with E-state index in [4.69, 9.17) is 14.2 Å². The van der Waals surface area contributed by atoms with Crippen molar-refractivity contribution in [2.75, 3.05) is 21.3 Å². The van der Waals surface area contributed by atoms with Gasteiger partial charge in [-0.25, -0.2) is 0 Å². The molecule has 0 aliphatic rings. The third-order valence-electron chi connectivity index (χ3n) is 3.55. The van der Waals surface area contributed by atoms with Gasteiger partial charge >= 0.3 is 5.56 Å². The maximum absolute atomic E-state index is 12.8. The highest BCUT2D eigenvalue weighted by Crippen LogP contribution is 2.38. The third kappa shape index (κ3) is 2.43. The second-order valence-electron chi connectivity index (χ2n) is 4.75. The molecule has 23 heavy (non-hydrogen) atoms. The Bertz CT molecular complexity index is 911. The summed E-state index contributed by atoms with van der Waals surface area (Å²) in [5, 5.41) is 0.315. The van der Waals surface area contributed by atoms with Gasteiger partial charge in [0.1, 0.15) is 16.9 Å². The molecule has 1 atom stereocenters. The van der Waals surface area contributed by atoms with E-state index in [-0.39, 0.29) is 5.56 Å². The molecule has 6 nitrogen and oxygen atoms in total. The van der Waals surface area contributed by atoms with E-state index >= 15 is 0 Å². The van der Waals surface area contributed by atoms with Crippen LogP contribution in [0.3, 0.4) is 0 Å². The second kappa shape index (κ2) is 5.94. The van der Waals surface area contributed by atoms with Crippen LogP contribution in [0.5, 0.6) is 17.2 Å². The van der Waals surface area contributed by atoms with Gasteiger partial charge in [-0.1, -0.05) is 0 Å². The van der Waals surface area contributed by atoms with Gasteiger partial charge in [-0.05, 0) is 30.3 Å². The molecule has 1 unspecified atom stereocenters. The fraction of sp³-hybridized carbons (Fsp3) is 0.188. The van der Waals surface area contributed by atoms with E-state index in [1.54, 1.807) is 43.5 Å². The monoisotopic (exact) mass is 333 g/mol. The molecule has 0 N–H and O–H groups in total. The van der Waals surface area contributed by atoms with Crippen molar-refractivity contribution in [3.63, 3.8) is 0 Å². The van der Waals surface area contributed by atoms with Gasteiger partial charge in [-0.3, -0.25) is 4.79 Å². The summed E-state index contributed by atoms with van der Waals surface area (Å²) in [6.45, 7) is 0. The maximum atomic E-state index is 12.8. The van der Waals surface area contributed by atoms with Gasteiger partial charge in [0, 0.05) is 6.07 Å². The number of aromatic nitrogens is 1. The third-order valence-corrected chi connectivity index (χ3v) is 5.02. The first kappa shape index (κ1) is 15.4. The highest BCUT2D eigenvalue weighted by atomic mass is 32.2. The molecule has 0 aliphatic carbocycles. The number of hydrogen-bond donors (Lipinski definition) is 0. The summed E-state index contributed by atoms with van der Waals surface area (Å²) < 4.78 is 29.9. The number of fused-ring (bicyclic) bond motifs is 1. The van der Waals surface area contributed by atoms with Gasteiger partial charge in [-0.15, -0.1) is 3.96 Å². The lowest BCUT2D eigenvalue weighted by atomic mass is 10.2. The van der Waals surface area contributed by atoms with Crippen molar-refractivity contribution in [2.45, 2.75) is 0 Å². The van der Waals surface area contributed by atoms with Crippen LogP contribution in [-0.4, -0.2) is 29.8 Å². The smallest absolute Gasteiger partial charge is 0.309 e. The average molecular weight is 333 g/mol. The molecule has 1 heterocycles. The van der Waals surface area contributed by atoms with E-state index in [9.17, 15) is 9.35 Å². The number of hydrogen-bond acceptors (Lipinski definition) is 5. The first-order valence-electron chi connectivity index (χ1n) is 6.77. The summed E-state index contributed by atoms with van der Waals surface area (Å²) in [6, 6.07) is 9.97. The Kier molecular flexibility index (Phi) is 3.97. The number of methoxy groups -OCH3 is 3. The van der Waals surface area contributed by atoms with E-state index in [1.807, 2.05) is 0 Å². The molecular formula is C16H15NO5S. The molecule has 2 aromatic carbocycles. The topological polar surface area (TPSA) is 72.8 Å². The van der Waals surface area contributed by atoms with E-state index in [0.717, 1.165) is 0 Å². The van der Waals surface area contributed by atoms with Gasteiger partial charge in [0.25, 0.3) is 0 Å². The van der Waals surface area contributed by atoms with Crippen LogP contribution in [0, 0.1) is 0 Å². The molecule has 0 saturated heterocycles. The molecular weight excluding hydrogens is 318 g/mol. The van der Waals surface area contributed by atoms with Crippen molar-refractivity contribution in [1.29, 1.82) is 0 Å². The fourth-order valence-electron chi connectivity index (χ4n) is 2.39. The van der Waals surface area contributed by atoms with Gasteiger partial charge in [0.2, 0.25) is 4.70 Å². The number of ether oxygens (including phenoxy) is 3. The standard InChI is InChI=1S/C16H15NO5S/c1-20-11-6-4-10(5-7-11)17-16(18)13-8-12(21-2)9-14(22-3)15(13)23(17)19/h4-9H,1-3H3. The van der Waals surface area contributed by atoms with Gasteiger partial charge in [-0.2, -0.15) is 0 Å². The largest absolute Gasteiger partial charge is 0.569 e. The molecule has 3 rings (SSSR count). The quantitative estimate of drug-likeness (QED) is 0.687. The summed E-state index contributed by atoms with van der Waals surface area (Å²) in [5.74, 6) is 1.49. The first-order chi connectivity index (χ1) is 11.1. The molecule has 0 bridgehead atoms. The van der Waals surface area contributed by atoms with Gasteiger partial charge in [0.15, 0.2) is 5.75 Å². The molecule has 120 valence electrons. The molecule has 0 saturated carbocycles. The Morgan fingerprint density at radius 3 is 2.17 bits per heavy atom. The van der Waals surface area contributed by atoms with Crippen molar-refractivity contribution in [2.24, 2.45) is 0 Å². The van der Waals surface area contributed by atoms with Crippen molar-refractivity contribution < 1.29 is 18.8 Å². The Morgan fingerprint density at radius 2 is 1.61 bits per heavy atom. The molecule has 1 aromatic heterocycles. The Labute approximate surface area is 135 Å². The molecule has 7 heteroatoms. The zero-order valence-electron chi connectivity index (χ0n) is 12.9. The van der Waals surface area contributed by atoms with Crippen LogP contribution in [0.2, 0.25) is 0 Å². The molecule has 3 aromatic rings. The number of benzene rings is 2. The first-order valence-corrected chi connectivity index (χ1v) is 7.87. The van der Waals surface area contributed by atoms with Crippen molar-refractivity contribution >= 4 is 21.0 Å². The van der Waals surface area contributed by atoms with E-state index < -0.39 is 10.9 Å². The van der Waals surface area contributed by atoms with Crippen LogP contribution in [0.15, 0.2) is 41.2 Å². The predicted molar refractivity (Wildman–Crippen MR) is 87.9 cm³/mol. The summed E-state index contributed by atoms with van der Waals surface area (Å²) in [7, 11) is 2.84. The van der Waals surface area contributed by atoms with Crippen molar-refractivity contribution in [3.05, 3.63) is 46.8 Å². The van der Waals surface area contributed by atoms with Crippen LogP contribution >= 0.6 is 10.9 Å². The maximum Gasteiger partial charge on any atom is 0.309 e. The van der Waals surface area contributed by atoms with Gasteiger partial charge in [0.05, 0.1) is 38.0 Å². The van der Waals surface area contributed by atoms with Crippen LogP contribution < -0.4 is 19.8 Å². The highest BCUT2D eigenvalue weighted by molar-refractivity contribution is 7.27. The summed E-state index contributed by atoms with van der Waals surface area (Å²) in [6.07, 6.45) is 0. The summed E-state index contributed by atoms with van der Waals surface area (Å²) in [5.41, 5.74) is 0.159. The molecule has 0 spiro atoms. The lowest BCUT2D eigenvalue weighted by molar-refractivity contribution is 0.398. The van der Waals surface area contributed by atoms with Crippen LogP contribution in [0.1, 0.15) is 0 Å². The van der Waals surface area contributed by atoms with Gasteiger partial charge < -0.3 is 18.8 Å². The van der Waals surface area contributed by atoms with Crippen molar-refractivity contribution in [1.82, 2.24) is 3.96 Å². The lowest BCUT2D eigenvalue weighted by Crippen LogP contribution is -2.12. The molecule has 0 radical (unpaired) electrons. The predicted octanol–water partition coefficient (Wildman–Crippen LogP) is 2.74. The SMILES string of the molecule is COc1ccc(-n2c(=O)c3cc(OC)cc(OC)c3[s+]2[O-])cc1. The summed E-state index contributed by atoms with van der Waals surface area (Å²) in [4.78, 5) is 12.7. The normalized spacial score (nSPS) is 11.6. The van der Waals surface area contributed by atoms with E-state index in [0.29, 0.717) is 33.0 Å².